The van der Waals surface area contributed by atoms with Crippen LogP contribution >= 0.6 is 0 Å². The quantitative estimate of drug-likeness (QED) is 0.485. The van der Waals surface area contributed by atoms with Crippen LogP contribution in [0.25, 0.3) is 0 Å². The number of aryl methyl sites for hydroxylation is 1. The van der Waals surface area contributed by atoms with Gasteiger partial charge in [-0.25, -0.2) is 4.79 Å². The number of aliphatic carboxylic acids is 1. The molecule has 0 aliphatic rings. The normalized spacial score (nSPS) is 11.1. The van der Waals surface area contributed by atoms with Crippen molar-refractivity contribution in [3.05, 3.63) is 72.0 Å². The van der Waals surface area contributed by atoms with Gasteiger partial charge < -0.3 is 15.6 Å². The Labute approximate surface area is 123 Å². The van der Waals surface area contributed by atoms with Gasteiger partial charge in [0.25, 0.3) is 0 Å². The van der Waals surface area contributed by atoms with E-state index in [0.29, 0.717) is 24.3 Å². The Morgan fingerprint density at radius 3 is 2.38 bits per heavy atom. The number of nitrogens with two attached hydrogens (primary N) is 1. The molecule has 0 saturated carbocycles. The lowest BCUT2D eigenvalue weighted by atomic mass is 10.1. The van der Waals surface area contributed by atoms with Gasteiger partial charge in [0.1, 0.15) is 12.0 Å². The molecule has 0 aliphatic heterocycles. The smallest absolute Gasteiger partial charge is 0.334 e. The maximum absolute atomic E-state index is 11.2. The number of nitrogen functional groups attached to an aromatic ring is 1. The van der Waals surface area contributed by atoms with Crippen molar-refractivity contribution >= 4 is 11.7 Å². The van der Waals surface area contributed by atoms with Gasteiger partial charge in [-0.15, -0.1) is 0 Å². The van der Waals surface area contributed by atoms with Gasteiger partial charge >= 0.3 is 5.97 Å². The summed E-state index contributed by atoms with van der Waals surface area (Å²) in [6.07, 6.45) is 2.32. The van der Waals surface area contributed by atoms with Crippen LogP contribution < -0.4 is 10.5 Å². The van der Waals surface area contributed by atoms with E-state index in [-0.39, 0.29) is 5.57 Å². The largest absolute Gasteiger partial charge is 0.478 e. The summed E-state index contributed by atoms with van der Waals surface area (Å²) < 4.78 is 5.37. The van der Waals surface area contributed by atoms with Crippen LogP contribution in [0.15, 0.2) is 66.4 Å². The zero-order valence-electron chi connectivity index (χ0n) is 11.5. The zero-order chi connectivity index (χ0) is 15.1. The Balaban J connectivity index is 1.99. The zero-order valence-corrected chi connectivity index (χ0v) is 11.5. The fraction of sp³-hybridized carbons (Fsp3) is 0.118. The average Bonchev–Trinajstić information content (AvgIpc) is 2.49. The Kier molecular flexibility index (Phi) is 4.99. The first-order valence-electron chi connectivity index (χ1n) is 6.63. The topological polar surface area (TPSA) is 72.5 Å². The molecule has 0 unspecified atom stereocenters. The van der Waals surface area contributed by atoms with Crippen LogP contribution in [0.3, 0.4) is 0 Å². The summed E-state index contributed by atoms with van der Waals surface area (Å²) in [6.45, 7) is 0. The van der Waals surface area contributed by atoms with E-state index in [0.717, 1.165) is 5.56 Å². The van der Waals surface area contributed by atoms with Crippen molar-refractivity contribution in [1.82, 2.24) is 0 Å². The second kappa shape index (κ2) is 7.14. The summed E-state index contributed by atoms with van der Waals surface area (Å²) in [6, 6.07) is 16.5. The lowest BCUT2D eigenvalue weighted by Crippen LogP contribution is -2.04. The molecule has 2 aromatic rings. The van der Waals surface area contributed by atoms with Crippen molar-refractivity contribution in [2.75, 3.05) is 5.73 Å². The number of benzene rings is 2. The molecule has 2 aromatic carbocycles. The number of carboxylic acid groups (broad SMARTS) is 1. The number of carboxylic acids is 1. The standard InChI is InChI=1S/C17H17NO3/c18-15-10-7-13(8-11-15)6-9-14(17(19)20)12-21-16-4-2-1-3-5-16/h1-5,7-8,10-12H,6,9,18H2,(H,19,20). The van der Waals surface area contributed by atoms with Crippen molar-refractivity contribution in [3.8, 4) is 5.75 Å². The van der Waals surface area contributed by atoms with Crippen LogP contribution in [-0.4, -0.2) is 11.1 Å². The van der Waals surface area contributed by atoms with E-state index >= 15 is 0 Å². The number of ether oxygens (including phenoxy) is 1. The van der Waals surface area contributed by atoms with E-state index in [9.17, 15) is 9.90 Å². The molecule has 21 heavy (non-hydrogen) atoms. The van der Waals surface area contributed by atoms with Gasteiger partial charge in [0.2, 0.25) is 0 Å². The van der Waals surface area contributed by atoms with Crippen LogP contribution in [0.4, 0.5) is 5.69 Å². The average molecular weight is 283 g/mol. The molecule has 0 aromatic heterocycles. The molecule has 0 spiro atoms. The fourth-order valence-corrected chi connectivity index (χ4v) is 1.82. The van der Waals surface area contributed by atoms with Crippen molar-refractivity contribution in [2.24, 2.45) is 0 Å². The minimum atomic E-state index is -0.971. The predicted molar refractivity (Wildman–Crippen MR) is 82.0 cm³/mol. The Hall–Kier alpha value is -2.75. The Bertz CT molecular complexity index is 618. The van der Waals surface area contributed by atoms with Gasteiger partial charge in [-0.1, -0.05) is 30.3 Å². The minimum Gasteiger partial charge on any atom is -0.478 e. The van der Waals surface area contributed by atoms with Gasteiger partial charge in [-0.05, 0) is 42.7 Å². The molecule has 0 amide bonds. The van der Waals surface area contributed by atoms with Gasteiger partial charge in [-0.3, -0.25) is 0 Å². The first kappa shape index (κ1) is 14.7. The molecule has 4 heteroatoms. The number of anilines is 1. The van der Waals surface area contributed by atoms with Crippen LogP contribution in [0.1, 0.15) is 12.0 Å². The van der Waals surface area contributed by atoms with Crippen molar-refractivity contribution in [1.29, 1.82) is 0 Å². The van der Waals surface area contributed by atoms with E-state index in [4.69, 9.17) is 10.5 Å². The van der Waals surface area contributed by atoms with Crippen molar-refractivity contribution in [3.63, 3.8) is 0 Å². The fourth-order valence-electron chi connectivity index (χ4n) is 1.82. The molecule has 0 atom stereocenters. The number of hydrogen-bond donors (Lipinski definition) is 2. The third kappa shape index (κ3) is 4.69. The summed E-state index contributed by atoms with van der Waals surface area (Å²) >= 11 is 0. The van der Waals surface area contributed by atoms with Crippen LogP contribution in [0.5, 0.6) is 5.75 Å². The van der Waals surface area contributed by atoms with Gasteiger partial charge in [0.15, 0.2) is 0 Å². The summed E-state index contributed by atoms with van der Waals surface area (Å²) in [5.41, 5.74) is 7.58. The molecule has 3 N–H and O–H groups in total. The van der Waals surface area contributed by atoms with E-state index in [1.54, 1.807) is 24.3 Å². The van der Waals surface area contributed by atoms with Gasteiger partial charge in [0.05, 0.1) is 5.57 Å². The molecule has 0 fully saturated rings. The SMILES string of the molecule is Nc1ccc(CCC(=COc2ccccc2)C(=O)O)cc1. The van der Waals surface area contributed by atoms with E-state index < -0.39 is 5.97 Å². The molecule has 0 radical (unpaired) electrons. The Morgan fingerprint density at radius 2 is 1.76 bits per heavy atom. The monoisotopic (exact) mass is 283 g/mol. The van der Waals surface area contributed by atoms with Gasteiger partial charge in [-0.2, -0.15) is 0 Å². The lowest BCUT2D eigenvalue weighted by Gasteiger charge is -2.05. The number of rotatable bonds is 6. The third-order valence-electron chi connectivity index (χ3n) is 3.02. The maximum Gasteiger partial charge on any atom is 0.334 e. The first-order chi connectivity index (χ1) is 10.1. The number of para-hydroxylation sites is 1. The van der Waals surface area contributed by atoms with Crippen molar-refractivity contribution in [2.45, 2.75) is 12.8 Å². The molecule has 0 bridgehead atoms. The molecule has 4 nitrogen and oxygen atoms in total. The van der Waals surface area contributed by atoms with Crippen molar-refractivity contribution < 1.29 is 14.6 Å². The van der Waals surface area contributed by atoms with E-state index in [2.05, 4.69) is 0 Å². The maximum atomic E-state index is 11.2. The summed E-state index contributed by atoms with van der Waals surface area (Å²) in [7, 11) is 0. The second-order valence-electron chi connectivity index (χ2n) is 4.62. The molecule has 0 heterocycles. The van der Waals surface area contributed by atoms with E-state index in [1.165, 1.54) is 6.26 Å². The second-order valence-corrected chi connectivity index (χ2v) is 4.62. The lowest BCUT2D eigenvalue weighted by molar-refractivity contribution is -0.132. The van der Waals surface area contributed by atoms with Crippen LogP contribution in [0, 0.1) is 0 Å². The molecular formula is C17H17NO3. The van der Waals surface area contributed by atoms with Crippen LogP contribution in [0.2, 0.25) is 0 Å². The summed E-state index contributed by atoms with van der Waals surface area (Å²) in [5.74, 6) is -0.356. The highest BCUT2D eigenvalue weighted by atomic mass is 16.5. The van der Waals surface area contributed by atoms with E-state index in [1.807, 2.05) is 30.3 Å². The summed E-state index contributed by atoms with van der Waals surface area (Å²) in [4.78, 5) is 11.2. The molecular weight excluding hydrogens is 266 g/mol. The molecule has 0 saturated heterocycles. The highest BCUT2D eigenvalue weighted by Crippen LogP contribution is 2.14. The van der Waals surface area contributed by atoms with Crippen LogP contribution in [-0.2, 0) is 11.2 Å². The molecule has 2 rings (SSSR count). The van der Waals surface area contributed by atoms with Gasteiger partial charge in [0, 0.05) is 5.69 Å². The highest BCUT2D eigenvalue weighted by Gasteiger charge is 2.08. The highest BCUT2D eigenvalue weighted by molar-refractivity contribution is 5.86. The summed E-state index contributed by atoms with van der Waals surface area (Å²) in [5, 5.41) is 9.21. The number of carbonyl (C=O) groups is 1. The third-order valence-corrected chi connectivity index (χ3v) is 3.02. The Morgan fingerprint density at radius 1 is 1.10 bits per heavy atom. The first-order valence-corrected chi connectivity index (χ1v) is 6.63. The minimum absolute atomic E-state index is 0.232. The number of hydrogen-bond acceptors (Lipinski definition) is 3. The molecule has 0 aliphatic carbocycles. The molecule has 108 valence electrons. The predicted octanol–water partition coefficient (Wildman–Crippen LogP) is 3.25.